The van der Waals surface area contributed by atoms with E-state index in [1.165, 1.54) is 70.6 Å². The zero-order chi connectivity index (χ0) is 18.0. The van der Waals surface area contributed by atoms with Crippen molar-refractivity contribution < 1.29 is 14.3 Å². The molecule has 0 amide bonds. The Labute approximate surface area is 155 Å². The number of hydrogen-bond acceptors (Lipinski definition) is 3. The van der Waals surface area contributed by atoms with Gasteiger partial charge in [-0.15, -0.1) is 0 Å². The third-order valence-corrected chi connectivity index (χ3v) is 4.83. The van der Waals surface area contributed by atoms with E-state index in [2.05, 4.69) is 19.1 Å². The summed E-state index contributed by atoms with van der Waals surface area (Å²) in [6.07, 6.45) is 21.9. The number of esters is 1. The van der Waals surface area contributed by atoms with Crippen LogP contribution in [0.15, 0.2) is 12.2 Å². The molecular formula is C22H40O3. The Hall–Kier alpha value is -0.830. The van der Waals surface area contributed by atoms with Crippen molar-refractivity contribution >= 4 is 5.97 Å². The predicted octanol–water partition coefficient (Wildman–Crippen LogP) is 6.21. The van der Waals surface area contributed by atoms with Crippen LogP contribution in [-0.4, -0.2) is 25.8 Å². The number of allylic oxidation sites excluding steroid dienone is 2. The second-order valence-electron chi connectivity index (χ2n) is 7.42. The Balaban J connectivity index is 1.73. The van der Waals surface area contributed by atoms with Crippen LogP contribution in [0.2, 0.25) is 0 Å². The fourth-order valence-corrected chi connectivity index (χ4v) is 3.00. The van der Waals surface area contributed by atoms with E-state index in [0.717, 1.165) is 26.1 Å². The van der Waals surface area contributed by atoms with Gasteiger partial charge in [0.2, 0.25) is 0 Å². The van der Waals surface area contributed by atoms with Gasteiger partial charge in [-0.05, 0) is 32.1 Å². The summed E-state index contributed by atoms with van der Waals surface area (Å²) >= 11 is 0. The Kier molecular flexibility index (Phi) is 14.8. The summed E-state index contributed by atoms with van der Waals surface area (Å²) in [7, 11) is 0. The first kappa shape index (κ1) is 22.2. The summed E-state index contributed by atoms with van der Waals surface area (Å²) in [6.45, 7) is 4.31. The molecule has 1 fully saturated rings. The van der Waals surface area contributed by atoms with Gasteiger partial charge in [0.25, 0.3) is 0 Å². The molecule has 0 aromatic rings. The minimum Gasteiger partial charge on any atom is -0.465 e. The molecule has 146 valence electrons. The van der Waals surface area contributed by atoms with Gasteiger partial charge in [-0.3, -0.25) is 4.79 Å². The Morgan fingerprint density at radius 1 is 0.880 bits per heavy atom. The fraction of sp³-hybridized carbons (Fsp3) is 0.864. The monoisotopic (exact) mass is 352 g/mol. The van der Waals surface area contributed by atoms with Crippen molar-refractivity contribution in [3.63, 3.8) is 0 Å². The van der Waals surface area contributed by atoms with E-state index >= 15 is 0 Å². The van der Waals surface area contributed by atoms with E-state index in [1.54, 1.807) is 0 Å². The van der Waals surface area contributed by atoms with Crippen LogP contribution in [0.25, 0.3) is 0 Å². The van der Waals surface area contributed by atoms with Crippen molar-refractivity contribution in [1.29, 1.82) is 0 Å². The summed E-state index contributed by atoms with van der Waals surface area (Å²) < 4.78 is 10.3. The summed E-state index contributed by atoms with van der Waals surface area (Å²) in [4.78, 5) is 11.5. The Morgan fingerprint density at radius 3 is 2.00 bits per heavy atom. The first-order valence-electron chi connectivity index (χ1n) is 10.7. The minimum absolute atomic E-state index is 0.0375. The van der Waals surface area contributed by atoms with Gasteiger partial charge in [-0.1, -0.05) is 70.4 Å². The lowest BCUT2D eigenvalue weighted by molar-refractivity contribution is -0.150. The standard InChI is InChI=1S/C22H40O3/c1-2-3-4-5-6-7-8-9-10-11-12-13-14-15-16-17-22(23)25-20-21-18-24-19-21/h9-10,21H,2-8,11-20H2,1H3/b10-9+. The first-order chi connectivity index (χ1) is 12.3. The Morgan fingerprint density at radius 2 is 1.44 bits per heavy atom. The number of hydrogen-bond donors (Lipinski definition) is 0. The average molecular weight is 353 g/mol. The van der Waals surface area contributed by atoms with Gasteiger partial charge in [0.15, 0.2) is 0 Å². The highest BCUT2D eigenvalue weighted by molar-refractivity contribution is 5.69. The van der Waals surface area contributed by atoms with Crippen LogP contribution in [0.4, 0.5) is 0 Å². The van der Waals surface area contributed by atoms with Crippen molar-refractivity contribution in [2.24, 2.45) is 5.92 Å². The van der Waals surface area contributed by atoms with Gasteiger partial charge in [-0.25, -0.2) is 0 Å². The molecular weight excluding hydrogens is 312 g/mol. The van der Waals surface area contributed by atoms with E-state index in [-0.39, 0.29) is 5.97 Å². The molecule has 3 heteroatoms. The van der Waals surface area contributed by atoms with Gasteiger partial charge in [0.1, 0.15) is 0 Å². The van der Waals surface area contributed by atoms with Crippen LogP contribution in [0, 0.1) is 5.92 Å². The zero-order valence-electron chi connectivity index (χ0n) is 16.5. The number of ether oxygens (including phenoxy) is 2. The van der Waals surface area contributed by atoms with Crippen LogP contribution in [0.1, 0.15) is 96.8 Å². The zero-order valence-corrected chi connectivity index (χ0v) is 16.5. The summed E-state index contributed by atoms with van der Waals surface area (Å²) in [5, 5.41) is 0. The summed E-state index contributed by atoms with van der Waals surface area (Å²) in [5.41, 5.74) is 0. The molecule has 0 bridgehead atoms. The maximum absolute atomic E-state index is 11.5. The molecule has 0 aliphatic carbocycles. The third kappa shape index (κ3) is 14.1. The van der Waals surface area contributed by atoms with Crippen LogP contribution >= 0.6 is 0 Å². The molecule has 0 N–H and O–H groups in total. The SMILES string of the molecule is CCCCCCCC/C=C/CCCCCCCC(=O)OCC1COC1. The largest absolute Gasteiger partial charge is 0.465 e. The minimum atomic E-state index is -0.0375. The number of carbonyl (C=O) groups excluding carboxylic acids is 1. The molecule has 1 rings (SSSR count). The molecule has 0 spiro atoms. The summed E-state index contributed by atoms with van der Waals surface area (Å²) in [6, 6.07) is 0. The first-order valence-corrected chi connectivity index (χ1v) is 10.7. The smallest absolute Gasteiger partial charge is 0.305 e. The number of rotatable bonds is 17. The molecule has 1 saturated heterocycles. The Bertz CT molecular complexity index is 334. The number of carbonyl (C=O) groups is 1. The van der Waals surface area contributed by atoms with Crippen molar-refractivity contribution in [2.45, 2.75) is 96.8 Å². The third-order valence-electron chi connectivity index (χ3n) is 4.83. The van der Waals surface area contributed by atoms with E-state index in [0.29, 0.717) is 18.9 Å². The molecule has 1 aliphatic rings. The summed E-state index contributed by atoms with van der Waals surface area (Å²) in [5.74, 6) is 0.405. The van der Waals surface area contributed by atoms with Crippen LogP contribution < -0.4 is 0 Å². The van der Waals surface area contributed by atoms with Gasteiger partial charge in [-0.2, -0.15) is 0 Å². The topological polar surface area (TPSA) is 35.5 Å². The van der Waals surface area contributed by atoms with E-state index in [1.807, 2.05) is 0 Å². The van der Waals surface area contributed by atoms with Crippen LogP contribution in [-0.2, 0) is 14.3 Å². The van der Waals surface area contributed by atoms with E-state index in [4.69, 9.17) is 9.47 Å². The van der Waals surface area contributed by atoms with Crippen molar-refractivity contribution in [3.8, 4) is 0 Å². The second-order valence-corrected chi connectivity index (χ2v) is 7.42. The lowest BCUT2D eigenvalue weighted by Crippen LogP contribution is -2.32. The fourth-order valence-electron chi connectivity index (χ4n) is 3.00. The van der Waals surface area contributed by atoms with Crippen molar-refractivity contribution in [1.82, 2.24) is 0 Å². The lowest BCUT2D eigenvalue weighted by Gasteiger charge is -2.25. The van der Waals surface area contributed by atoms with Crippen molar-refractivity contribution in [3.05, 3.63) is 12.2 Å². The highest BCUT2D eigenvalue weighted by atomic mass is 16.5. The van der Waals surface area contributed by atoms with Gasteiger partial charge >= 0.3 is 5.97 Å². The molecule has 0 saturated carbocycles. The number of unbranched alkanes of at least 4 members (excludes halogenated alkanes) is 11. The van der Waals surface area contributed by atoms with Crippen LogP contribution in [0.3, 0.4) is 0 Å². The highest BCUT2D eigenvalue weighted by Gasteiger charge is 2.19. The maximum atomic E-state index is 11.5. The average Bonchev–Trinajstić information content (AvgIpc) is 2.57. The molecule has 1 heterocycles. The maximum Gasteiger partial charge on any atom is 0.305 e. The highest BCUT2D eigenvalue weighted by Crippen LogP contribution is 2.12. The molecule has 3 nitrogen and oxygen atoms in total. The predicted molar refractivity (Wildman–Crippen MR) is 105 cm³/mol. The molecule has 0 atom stereocenters. The molecule has 0 radical (unpaired) electrons. The van der Waals surface area contributed by atoms with Gasteiger partial charge < -0.3 is 9.47 Å². The van der Waals surface area contributed by atoms with Crippen LogP contribution in [0.5, 0.6) is 0 Å². The molecule has 1 aliphatic heterocycles. The van der Waals surface area contributed by atoms with E-state index in [9.17, 15) is 4.79 Å². The normalized spacial score (nSPS) is 14.8. The van der Waals surface area contributed by atoms with E-state index < -0.39 is 0 Å². The molecule has 0 unspecified atom stereocenters. The lowest BCUT2D eigenvalue weighted by atomic mass is 10.1. The van der Waals surface area contributed by atoms with Crippen molar-refractivity contribution in [2.75, 3.05) is 19.8 Å². The molecule has 0 aromatic heterocycles. The van der Waals surface area contributed by atoms with Gasteiger partial charge in [0, 0.05) is 12.3 Å². The second kappa shape index (κ2) is 16.6. The quantitative estimate of drug-likeness (QED) is 0.177. The molecule has 25 heavy (non-hydrogen) atoms. The molecule has 0 aromatic carbocycles. The van der Waals surface area contributed by atoms with Gasteiger partial charge in [0.05, 0.1) is 19.8 Å².